The van der Waals surface area contributed by atoms with Gasteiger partial charge in [0.25, 0.3) is 5.69 Å². The Morgan fingerprint density at radius 2 is 1.76 bits per heavy atom. The number of rotatable bonds is 3. The van der Waals surface area contributed by atoms with Gasteiger partial charge in [0.15, 0.2) is 5.11 Å². The second-order valence-corrected chi connectivity index (χ2v) is 5.26. The Kier molecular flexibility index (Phi) is 4.95. The van der Waals surface area contributed by atoms with Crippen molar-refractivity contribution in [1.29, 1.82) is 0 Å². The van der Waals surface area contributed by atoms with Crippen molar-refractivity contribution in [3.8, 4) is 0 Å². The quantitative estimate of drug-likeness (QED) is 0.480. The number of halogens is 2. The molecule has 5 nitrogen and oxygen atoms in total. The minimum absolute atomic E-state index is 0.0140. The summed E-state index contributed by atoms with van der Waals surface area (Å²) >= 11 is 17.0. The second-order valence-electron chi connectivity index (χ2n) is 4.01. The SMILES string of the molecule is O=[N+]([O-])c1ccc(NC(=S)Nc2ccc(Cl)cc2Cl)cc1. The highest BCUT2D eigenvalue weighted by atomic mass is 35.5. The maximum Gasteiger partial charge on any atom is 0.269 e. The third-order valence-corrected chi connectivity index (χ3v) is 3.27. The molecule has 2 N–H and O–H groups in total. The van der Waals surface area contributed by atoms with Crippen molar-refractivity contribution < 1.29 is 4.92 Å². The Balaban J connectivity index is 2.02. The van der Waals surface area contributed by atoms with Gasteiger partial charge in [-0.05, 0) is 42.5 Å². The molecule has 0 aromatic heterocycles. The van der Waals surface area contributed by atoms with E-state index in [1.54, 1.807) is 30.3 Å². The van der Waals surface area contributed by atoms with Crippen LogP contribution >= 0.6 is 35.4 Å². The fraction of sp³-hybridized carbons (Fsp3) is 0. The van der Waals surface area contributed by atoms with E-state index in [2.05, 4.69) is 10.6 Å². The Morgan fingerprint density at radius 1 is 1.10 bits per heavy atom. The second kappa shape index (κ2) is 6.71. The van der Waals surface area contributed by atoms with Gasteiger partial charge in [0.05, 0.1) is 15.6 Å². The molecule has 0 unspecified atom stereocenters. The molecular formula is C13H9Cl2N3O2S. The Labute approximate surface area is 136 Å². The zero-order valence-corrected chi connectivity index (χ0v) is 12.8. The smallest absolute Gasteiger partial charge is 0.269 e. The number of hydrogen-bond acceptors (Lipinski definition) is 3. The van der Waals surface area contributed by atoms with E-state index in [-0.39, 0.29) is 5.69 Å². The van der Waals surface area contributed by atoms with Gasteiger partial charge in [-0.3, -0.25) is 10.1 Å². The summed E-state index contributed by atoms with van der Waals surface area (Å²) in [5, 5.41) is 17.7. The lowest BCUT2D eigenvalue weighted by molar-refractivity contribution is -0.384. The zero-order valence-electron chi connectivity index (χ0n) is 10.5. The molecule has 0 heterocycles. The first-order chi connectivity index (χ1) is 9.95. The van der Waals surface area contributed by atoms with Crippen molar-refractivity contribution in [2.75, 3.05) is 10.6 Å². The first-order valence-corrected chi connectivity index (χ1v) is 6.89. The fourth-order valence-corrected chi connectivity index (χ4v) is 2.23. The maximum absolute atomic E-state index is 10.6. The van der Waals surface area contributed by atoms with Crippen LogP contribution in [0.5, 0.6) is 0 Å². The van der Waals surface area contributed by atoms with Gasteiger partial charge in [-0.15, -0.1) is 0 Å². The number of nitro groups is 1. The lowest BCUT2D eigenvalue weighted by Crippen LogP contribution is -2.19. The van der Waals surface area contributed by atoms with Crippen LogP contribution in [0.3, 0.4) is 0 Å². The molecule has 2 aromatic rings. The summed E-state index contributed by atoms with van der Waals surface area (Å²) in [4.78, 5) is 10.1. The molecule has 2 rings (SSSR count). The molecule has 0 bridgehead atoms. The van der Waals surface area contributed by atoms with Crippen molar-refractivity contribution in [3.05, 3.63) is 62.6 Å². The summed E-state index contributed by atoms with van der Waals surface area (Å²) in [5.74, 6) is 0. The van der Waals surface area contributed by atoms with Gasteiger partial charge >= 0.3 is 0 Å². The standard InChI is InChI=1S/C13H9Cl2N3O2S/c14-8-1-6-12(11(15)7-8)17-13(21)16-9-2-4-10(5-3-9)18(19)20/h1-7H,(H2,16,17,21). The molecular weight excluding hydrogens is 333 g/mol. The highest BCUT2D eigenvalue weighted by Crippen LogP contribution is 2.25. The topological polar surface area (TPSA) is 67.2 Å². The first kappa shape index (κ1) is 15.5. The summed E-state index contributed by atoms with van der Waals surface area (Å²) in [6.07, 6.45) is 0. The molecule has 2 aromatic carbocycles. The predicted molar refractivity (Wildman–Crippen MR) is 89.4 cm³/mol. The van der Waals surface area contributed by atoms with Crippen LogP contribution in [0, 0.1) is 10.1 Å². The molecule has 8 heteroatoms. The van der Waals surface area contributed by atoms with E-state index in [4.69, 9.17) is 35.4 Å². The van der Waals surface area contributed by atoms with Gasteiger partial charge < -0.3 is 10.6 Å². The molecule has 0 radical (unpaired) electrons. The first-order valence-electron chi connectivity index (χ1n) is 5.73. The van der Waals surface area contributed by atoms with Crippen molar-refractivity contribution in [1.82, 2.24) is 0 Å². The fourth-order valence-electron chi connectivity index (χ4n) is 1.54. The van der Waals surface area contributed by atoms with Gasteiger partial charge in [0.2, 0.25) is 0 Å². The number of hydrogen-bond donors (Lipinski definition) is 2. The van der Waals surface area contributed by atoms with E-state index in [1.165, 1.54) is 12.1 Å². The number of anilines is 2. The molecule has 0 saturated carbocycles. The van der Waals surface area contributed by atoms with Crippen LogP contribution in [-0.2, 0) is 0 Å². The van der Waals surface area contributed by atoms with E-state index in [0.717, 1.165) is 0 Å². The Bertz CT molecular complexity index is 692. The third kappa shape index (κ3) is 4.29. The predicted octanol–water partition coefficient (Wildman–Crippen LogP) is 4.71. The van der Waals surface area contributed by atoms with E-state index >= 15 is 0 Å². The number of nitrogens with one attached hydrogen (secondary N) is 2. The van der Waals surface area contributed by atoms with Gasteiger partial charge in [-0.2, -0.15) is 0 Å². The summed E-state index contributed by atoms with van der Waals surface area (Å²) < 4.78 is 0. The maximum atomic E-state index is 10.6. The number of thiocarbonyl (C=S) groups is 1. The summed E-state index contributed by atoms with van der Waals surface area (Å²) in [6.45, 7) is 0. The van der Waals surface area contributed by atoms with E-state index in [9.17, 15) is 10.1 Å². The minimum Gasteiger partial charge on any atom is -0.332 e. The molecule has 0 aliphatic heterocycles. The molecule has 108 valence electrons. The molecule has 21 heavy (non-hydrogen) atoms. The number of non-ortho nitro benzene ring substituents is 1. The van der Waals surface area contributed by atoms with Gasteiger partial charge in [0, 0.05) is 22.8 Å². The van der Waals surface area contributed by atoms with E-state index in [0.29, 0.717) is 26.5 Å². The molecule has 0 atom stereocenters. The van der Waals surface area contributed by atoms with Crippen LogP contribution in [0.15, 0.2) is 42.5 Å². The van der Waals surface area contributed by atoms with Crippen LogP contribution in [0.1, 0.15) is 0 Å². The minimum atomic E-state index is -0.464. The van der Waals surface area contributed by atoms with Gasteiger partial charge in [-0.25, -0.2) is 0 Å². The van der Waals surface area contributed by atoms with Crippen molar-refractivity contribution in [2.24, 2.45) is 0 Å². The highest BCUT2D eigenvalue weighted by molar-refractivity contribution is 7.80. The average molecular weight is 342 g/mol. The van der Waals surface area contributed by atoms with E-state index < -0.39 is 4.92 Å². The van der Waals surface area contributed by atoms with Gasteiger partial charge in [-0.1, -0.05) is 23.2 Å². The van der Waals surface area contributed by atoms with Crippen LogP contribution in [0.2, 0.25) is 10.0 Å². The van der Waals surface area contributed by atoms with Crippen molar-refractivity contribution in [2.45, 2.75) is 0 Å². The largest absolute Gasteiger partial charge is 0.332 e. The van der Waals surface area contributed by atoms with Crippen LogP contribution < -0.4 is 10.6 Å². The normalized spacial score (nSPS) is 10.0. The number of benzene rings is 2. The summed E-state index contributed by atoms with van der Waals surface area (Å²) in [7, 11) is 0. The lowest BCUT2D eigenvalue weighted by Gasteiger charge is -2.11. The molecule has 0 spiro atoms. The molecule has 0 aliphatic carbocycles. The van der Waals surface area contributed by atoms with Gasteiger partial charge in [0.1, 0.15) is 0 Å². The Hall–Kier alpha value is -1.89. The van der Waals surface area contributed by atoms with Crippen LogP contribution in [-0.4, -0.2) is 10.0 Å². The Morgan fingerprint density at radius 3 is 2.33 bits per heavy atom. The lowest BCUT2D eigenvalue weighted by atomic mass is 10.3. The van der Waals surface area contributed by atoms with Crippen LogP contribution in [0.4, 0.5) is 17.1 Å². The highest BCUT2D eigenvalue weighted by Gasteiger charge is 2.06. The summed E-state index contributed by atoms with van der Waals surface area (Å²) in [5.41, 5.74) is 1.25. The average Bonchev–Trinajstić information content (AvgIpc) is 2.42. The monoisotopic (exact) mass is 341 g/mol. The summed E-state index contributed by atoms with van der Waals surface area (Å²) in [6, 6.07) is 10.9. The number of nitro benzene ring substituents is 1. The molecule has 0 fully saturated rings. The van der Waals surface area contributed by atoms with Crippen molar-refractivity contribution >= 4 is 57.6 Å². The molecule has 0 saturated heterocycles. The van der Waals surface area contributed by atoms with E-state index in [1.807, 2.05) is 0 Å². The molecule has 0 amide bonds. The zero-order chi connectivity index (χ0) is 15.4. The third-order valence-electron chi connectivity index (χ3n) is 2.52. The molecule has 0 aliphatic rings. The number of nitrogens with zero attached hydrogens (tertiary/aromatic N) is 1. The van der Waals surface area contributed by atoms with Crippen molar-refractivity contribution in [3.63, 3.8) is 0 Å². The van der Waals surface area contributed by atoms with Crippen LogP contribution in [0.25, 0.3) is 0 Å².